The molecule has 0 amide bonds. The van der Waals surface area contributed by atoms with Gasteiger partial charge in [0.15, 0.2) is 0 Å². The minimum absolute atomic E-state index is 0.683. The van der Waals surface area contributed by atoms with Crippen molar-refractivity contribution in [2.45, 2.75) is 6.42 Å². The van der Waals surface area contributed by atoms with Crippen molar-refractivity contribution in [1.82, 2.24) is 0 Å². The molecule has 0 radical (unpaired) electrons. The minimum Gasteiger partial charge on any atom is -0.497 e. The summed E-state index contributed by atoms with van der Waals surface area (Å²) in [5.74, 6) is 1.57. The van der Waals surface area contributed by atoms with Gasteiger partial charge in [-0.05, 0) is 48.4 Å². The van der Waals surface area contributed by atoms with Crippen LogP contribution in [0.15, 0.2) is 36.4 Å². The molecule has 2 aromatic rings. The van der Waals surface area contributed by atoms with Gasteiger partial charge in [-0.2, -0.15) is 0 Å². The quantitative estimate of drug-likeness (QED) is 0.741. The Morgan fingerprint density at radius 2 is 1.88 bits per heavy atom. The summed E-state index contributed by atoms with van der Waals surface area (Å²) < 4.78 is 5.13. The third kappa shape index (κ3) is 2.57. The summed E-state index contributed by atoms with van der Waals surface area (Å²) in [4.78, 5) is 2.61. The van der Waals surface area contributed by atoms with Crippen LogP contribution in [0.1, 0.15) is 4.88 Å². The Labute approximate surface area is 105 Å². The standard InChI is InChI=1S/C13H13ClOS/c1-15-11-4-2-10(3-5-11)13-7-6-12(16-13)8-9-14/h2-7H,8-9H2,1H3. The van der Waals surface area contributed by atoms with Gasteiger partial charge in [0.05, 0.1) is 7.11 Å². The van der Waals surface area contributed by atoms with E-state index in [4.69, 9.17) is 16.3 Å². The highest BCUT2D eigenvalue weighted by atomic mass is 35.5. The number of rotatable bonds is 4. The van der Waals surface area contributed by atoms with E-state index in [0.29, 0.717) is 5.88 Å². The van der Waals surface area contributed by atoms with Gasteiger partial charge < -0.3 is 4.74 Å². The summed E-state index contributed by atoms with van der Waals surface area (Å²) in [5.41, 5.74) is 1.23. The van der Waals surface area contributed by atoms with E-state index in [2.05, 4.69) is 24.3 Å². The van der Waals surface area contributed by atoms with Gasteiger partial charge >= 0.3 is 0 Å². The minimum atomic E-state index is 0.683. The predicted octanol–water partition coefficient (Wildman–Crippen LogP) is 4.21. The first kappa shape index (κ1) is 11.5. The number of hydrogen-bond donors (Lipinski definition) is 0. The van der Waals surface area contributed by atoms with Gasteiger partial charge in [-0.3, -0.25) is 0 Å². The van der Waals surface area contributed by atoms with Crippen LogP contribution in [-0.4, -0.2) is 13.0 Å². The lowest BCUT2D eigenvalue weighted by molar-refractivity contribution is 0.415. The monoisotopic (exact) mass is 252 g/mol. The summed E-state index contributed by atoms with van der Waals surface area (Å²) >= 11 is 7.52. The van der Waals surface area contributed by atoms with Crippen molar-refractivity contribution in [3.8, 4) is 16.2 Å². The molecule has 2 rings (SSSR count). The molecule has 0 fully saturated rings. The van der Waals surface area contributed by atoms with Crippen LogP contribution in [0.3, 0.4) is 0 Å². The van der Waals surface area contributed by atoms with E-state index in [1.807, 2.05) is 12.1 Å². The zero-order valence-electron chi connectivity index (χ0n) is 9.07. The molecular formula is C13H13ClOS. The SMILES string of the molecule is COc1ccc(-c2ccc(CCCl)s2)cc1. The second kappa shape index (κ2) is 5.37. The average Bonchev–Trinajstić information content (AvgIpc) is 2.78. The molecule has 3 heteroatoms. The van der Waals surface area contributed by atoms with E-state index in [9.17, 15) is 0 Å². The summed E-state index contributed by atoms with van der Waals surface area (Å²) in [5, 5.41) is 0. The van der Waals surface area contributed by atoms with Crippen molar-refractivity contribution < 1.29 is 4.74 Å². The van der Waals surface area contributed by atoms with Crippen LogP contribution in [0.2, 0.25) is 0 Å². The van der Waals surface area contributed by atoms with Crippen molar-refractivity contribution >= 4 is 22.9 Å². The Morgan fingerprint density at radius 3 is 2.50 bits per heavy atom. The normalized spacial score (nSPS) is 10.4. The molecule has 0 unspecified atom stereocenters. The van der Waals surface area contributed by atoms with Crippen LogP contribution in [0, 0.1) is 0 Å². The molecule has 1 nitrogen and oxygen atoms in total. The Hall–Kier alpha value is -0.990. The van der Waals surface area contributed by atoms with Gasteiger partial charge in [0.1, 0.15) is 5.75 Å². The molecule has 84 valence electrons. The summed E-state index contributed by atoms with van der Waals surface area (Å²) in [6.07, 6.45) is 0.947. The fourth-order valence-corrected chi connectivity index (χ4v) is 2.84. The van der Waals surface area contributed by atoms with Crippen LogP contribution < -0.4 is 4.74 Å². The number of methoxy groups -OCH3 is 1. The smallest absolute Gasteiger partial charge is 0.118 e. The second-order valence-electron chi connectivity index (χ2n) is 3.43. The molecule has 16 heavy (non-hydrogen) atoms. The summed E-state index contributed by atoms with van der Waals surface area (Å²) in [6, 6.07) is 12.4. The number of halogens is 1. The van der Waals surface area contributed by atoms with E-state index in [-0.39, 0.29) is 0 Å². The Bertz CT molecular complexity index is 447. The lowest BCUT2D eigenvalue weighted by Crippen LogP contribution is -1.81. The number of ether oxygens (including phenoxy) is 1. The van der Waals surface area contributed by atoms with E-state index in [1.165, 1.54) is 15.3 Å². The summed E-state index contributed by atoms with van der Waals surface area (Å²) in [7, 11) is 1.68. The van der Waals surface area contributed by atoms with Crippen LogP contribution in [0.25, 0.3) is 10.4 Å². The molecule has 1 aromatic heterocycles. The highest BCUT2D eigenvalue weighted by Crippen LogP contribution is 2.29. The maximum atomic E-state index is 5.72. The van der Waals surface area contributed by atoms with Gasteiger partial charge in [0.25, 0.3) is 0 Å². The average molecular weight is 253 g/mol. The van der Waals surface area contributed by atoms with E-state index >= 15 is 0 Å². The highest BCUT2D eigenvalue weighted by Gasteiger charge is 2.02. The van der Waals surface area contributed by atoms with E-state index in [0.717, 1.165) is 12.2 Å². The largest absolute Gasteiger partial charge is 0.497 e. The Morgan fingerprint density at radius 1 is 1.12 bits per heavy atom. The first-order valence-electron chi connectivity index (χ1n) is 5.12. The second-order valence-corrected chi connectivity index (χ2v) is 4.98. The maximum Gasteiger partial charge on any atom is 0.118 e. The van der Waals surface area contributed by atoms with Gasteiger partial charge in [-0.15, -0.1) is 22.9 Å². The van der Waals surface area contributed by atoms with Crippen LogP contribution in [0.4, 0.5) is 0 Å². The molecule has 0 bridgehead atoms. The molecule has 0 N–H and O–H groups in total. The fraction of sp³-hybridized carbons (Fsp3) is 0.231. The van der Waals surface area contributed by atoms with Gasteiger partial charge in [-0.1, -0.05) is 0 Å². The number of benzene rings is 1. The molecule has 0 atom stereocenters. The van der Waals surface area contributed by atoms with Crippen molar-refractivity contribution in [2.24, 2.45) is 0 Å². The molecule has 0 spiro atoms. The molecule has 0 aliphatic rings. The van der Waals surface area contributed by atoms with Crippen molar-refractivity contribution in [1.29, 1.82) is 0 Å². The first-order valence-corrected chi connectivity index (χ1v) is 6.47. The van der Waals surface area contributed by atoms with E-state index in [1.54, 1.807) is 18.4 Å². The van der Waals surface area contributed by atoms with E-state index < -0.39 is 0 Å². The van der Waals surface area contributed by atoms with Crippen molar-refractivity contribution in [3.63, 3.8) is 0 Å². The topological polar surface area (TPSA) is 9.23 Å². The lowest BCUT2D eigenvalue weighted by Gasteiger charge is -2.00. The maximum absolute atomic E-state index is 5.72. The van der Waals surface area contributed by atoms with Crippen LogP contribution in [0.5, 0.6) is 5.75 Å². The third-order valence-corrected chi connectivity index (χ3v) is 3.76. The predicted molar refractivity (Wildman–Crippen MR) is 70.7 cm³/mol. The number of thiophene rings is 1. The Kier molecular flexibility index (Phi) is 3.86. The summed E-state index contributed by atoms with van der Waals surface area (Å²) in [6.45, 7) is 0. The third-order valence-electron chi connectivity index (χ3n) is 2.38. The number of aryl methyl sites for hydroxylation is 1. The number of alkyl halides is 1. The van der Waals surface area contributed by atoms with Crippen LogP contribution >= 0.6 is 22.9 Å². The highest BCUT2D eigenvalue weighted by molar-refractivity contribution is 7.15. The molecule has 1 aromatic carbocycles. The molecule has 0 saturated carbocycles. The molecule has 0 aliphatic heterocycles. The zero-order valence-corrected chi connectivity index (χ0v) is 10.6. The fourth-order valence-electron chi connectivity index (χ4n) is 1.52. The van der Waals surface area contributed by atoms with Gasteiger partial charge in [-0.25, -0.2) is 0 Å². The molecular weight excluding hydrogens is 240 g/mol. The Balaban J connectivity index is 2.21. The first-order chi connectivity index (χ1) is 7.83. The molecule has 0 saturated heterocycles. The molecule has 1 heterocycles. The van der Waals surface area contributed by atoms with Crippen LogP contribution in [-0.2, 0) is 6.42 Å². The zero-order chi connectivity index (χ0) is 11.4. The van der Waals surface area contributed by atoms with Gasteiger partial charge in [0.2, 0.25) is 0 Å². The van der Waals surface area contributed by atoms with Gasteiger partial charge in [0, 0.05) is 15.6 Å². The lowest BCUT2D eigenvalue weighted by atomic mass is 10.2. The number of hydrogen-bond acceptors (Lipinski definition) is 2. The molecule has 0 aliphatic carbocycles. The van der Waals surface area contributed by atoms with Crippen molar-refractivity contribution in [3.05, 3.63) is 41.3 Å². The van der Waals surface area contributed by atoms with Crippen molar-refractivity contribution in [2.75, 3.05) is 13.0 Å².